The van der Waals surface area contributed by atoms with Crippen molar-refractivity contribution in [3.63, 3.8) is 0 Å². The zero-order valence-corrected chi connectivity index (χ0v) is 18.0. The second-order valence-electron chi connectivity index (χ2n) is 6.65. The Morgan fingerprint density at radius 2 is 1.55 bits per heavy atom. The number of benzene rings is 3. The molecule has 0 radical (unpaired) electrons. The van der Waals surface area contributed by atoms with Gasteiger partial charge in [-0.3, -0.25) is 0 Å². The lowest BCUT2D eigenvalue weighted by atomic mass is 10.1. The molecule has 0 heterocycles. The standard InChI is InChI=1S/C24H25Cl2NO2/c1-2-28-23-14-20(16-27-13-12-18-8-10-21(25)11-9-18)22(26)15-24(23)29-17-19-6-4-3-5-7-19/h3-11,14-15,27H,2,12-13,16-17H2,1H3. The quantitative estimate of drug-likeness (QED) is 0.383. The predicted octanol–water partition coefficient (Wildman–Crippen LogP) is 6.30. The molecule has 0 bridgehead atoms. The van der Waals surface area contributed by atoms with Crippen LogP contribution in [0.4, 0.5) is 0 Å². The highest BCUT2D eigenvalue weighted by atomic mass is 35.5. The molecule has 0 spiro atoms. The minimum atomic E-state index is 0.468. The van der Waals surface area contributed by atoms with E-state index in [9.17, 15) is 0 Å². The molecule has 3 aromatic rings. The first-order valence-corrected chi connectivity index (χ1v) is 10.5. The molecule has 0 aromatic heterocycles. The molecule has 0 saturated heterocycles. The van der Waals surface area contributed by atoms with E-state index in [1.54, 1.807) is 0 Å². The Morgan fingerprint density at radius 1 is 0.828 bits per heavy atom. The molecule has 0 aliphatic rings. The summed E-state index contributed by atoms with van der Waals surface area (Å²) in [6.07, 6.45) is 0.922. The van der Waals surface area contributed by atoms with Crippen molar-refractivity contribution in [1.29, 1.82) is 0 Å². The van der Waals surface area contributed by atoms with Gasteiger partial charge in [-0.25, -0.2) is 0 Å². The van der Waals surface area contributed by atoms with Crippen LogP contribution in [-0.4, -0.2) is 13.2 Å². The largest absolute Gasteiger partial charge is 0.490 e. The first-order chi connectivity index (χ1) is 14.2. The van der Waals surface area contributed by atoms with Gasteiger partial charge in [0.1, 0.15) is 6.61 Å². The van der Waals surface area contributed by atoms with E-state index in [-0.39, 0.29) is 0 Å². The van der Waals surface area contributed by atoms with Gasteiger partial charge in [-0.05, 0) is 54.8 Å². The van der Waals surface area contributed by atoms with Crippen molar-refractivity contribution in [2.45, 2.75) is 26.5 Å². The van der Waals surface area contributed by atoms with E-state index in [2.05, 4.69) is 5.32 Å². The van der Waals surface area contributed by atoms with E-state index in [4.69, 9.17) is 32.7 Å². The topological polar surface area (TPSA) is 30.5 Å². The molecule has 5 heteroatoms. The van der Waals surface area contributed by atoms with Crippen molar-refractivity contribution < 1.29 is 9.47 Å². The van der Waals surface area contributed by atoms with Crippen LogP contribution >= 0.6 is 23.2 Å². The zero-order chi connectivity index (χ0) is 20.5. The van der Waals surface area contributed by atoms with E-state index in [1.807, 2.05) is 73.7 Å². The minimum absolute atomic E-state index is 0.468. The summed E-state index contributed by atoms with van der Waals surface area (Å²) in [5.74, 6) is 1.37. The van der Waals surface area contributed by atoms with Crippen LogP contribution in [0.2, 0.25) is 10.0 Å². The van der Waals surface area contributed by atoms with Gasteiger partial charge in [0.25, 0.3) is 0 Å². The normalized spacial score (nSPS) is 10.7. The fourth-order valence-corrected chi connectivity index (χ4v) is 3.28. The highest BCUT2D eigenvalue weighted by Gasteiger charge is 2.11. The van der Waals surface area contributed by atoms with Gasteiger partial charge in [0, 0.05) is 22.7 Å². The van der Waals surface area contributed by atoms with Crippen molar-refractivity contribution in [3.05, 3.63) is 93.5 Å². The molecular formula is C24H25Cl2NO2. The van der Waals surface area contributed by atoms with Crippen LogP contribution in [0.15, 0.2) is 66.7 Å². The van der Waals surface area contributed by atoms with Crippen LogP contribution < -0.4 is 14.8 Å². The van der Waals surface area contributed by atoms with Gasteiger partial charge >= 0.3 is 0 Å². The van der Waals surface area contributed by atoms with Gasteiger partial charge in [0.15, 0.2) is 11.5 Å². The number of hydrogen-bond acceptors (Lipinski definition) is 3. The molecule has 0 amide bonds. The lowest BCUT2D eigenvalue weighted by molar-refractivity contribution is 0.269. The molecule has 29 heavy (non-hydrogen) atoms. The van der Waals surface area contributed by atoms with Gasteiger partial charge in [0.05, 0.1) is 6.61 Å². The van der Waals surface area contributed by atoms with E-state index >= 15 is 0 Å². The van der Waals surface area contributed by atoms with Gasteiger partial charge in [-0.1, -0.05) is 65.7 Å². The number of hydrogen-bond donors (Lipinski definition) is 1. The summed E-state index contributed by atoms with van der Waals surface area (Å²) in [6.45, 7) is 4.49. The monoisotopic (exact) mass is 429 g/mol. The average molecular weight is 430 g/mol. The van der Waals surface area contributed by atoms with Crippen molar-refractivity contribution in [2.24, 2.45) is 0 Å². The molecule has 0 fully saturated rings. The van der Waals surface area contributed by atoms with Crippen LogP contribution in [-0.2, 0) is 19.6 Å². The molecule has 0 saturated carbocycles. The zero-order valence-electron chi connectivity index (χ0n) is 16.5. The molecule has 0 atom stereocenters. The Kier molecular flexibility index (Phi) is 8.24. The van der Waals surface area contributed by atoms with Crippen LogP contribution in [0.25, 0.3) is 0 Å². The first-order valence-electron chi connectivity index (χ1n) is 9.73. The van der Waals surface area contributed by atoms with Crippen LogP contribution in [0.5, 0.6) is 11.5 Å². The molecular weight excluding hydrogens is 405 g/mol. The highest BCUT2D eigenvalue weighted by molar-refractivity contribution is 6.31. The SMILES string of the molecule is CCOc1cc(CNCCc2ccc(Cl)cc2)c(Cl)cc1OCc1ccccc1. The molecule has 152 valence electrons. The van der Waals surface area contributed by atoms with Gasteiger partial charge < -0.3 is 14.8 Å². The summed E-state index contributed by atoms with van der Waals surface area (Å²) in [5.41, 5.74) is 3.32. The summed E-state index contributed by atoms with van der Waals surface area (Å²) in [4.78, 5) is 0. The lowest BCUT2D eigenvalue weighted by Crippen LogP contribution is -2.17. The van der Waals surface area contributed by atoms with Crippen LogP contribution in [0.3, 0.4) is 0 Å². The van der Waals surface area contributed by atoms with Gasteiger partial charge in [0.2, 0.25) is 0 Å². The molecule has 1 N–H and O–H groups in total. The lowest BCUT2D eigenvalue weighted by Gasteiger charge is -2.15. The van der Waals surface area contributed by atoms with E-state index in [0.29, 0.717) is 36.3 Å². The minimum Gasteiger partial charge on any atom is -0.490 e. The maximum Gasteiger partial charge on any atom is 0.163 e. The summed E-state index contributed by atoms with van der Waals surface area (Å²) >= 11 is 12.4. The summed E-state index contributed by atoms with van der Waals surface area (Å²) in [6, 6.07) is 21.7. The third kappa shape index (κ3) is 6.67. The highest BCUT2D eigenvalue weighted by Crippen LogP contribution is 2.34. The smallest absolute Gasteiger partial charge is 0.163 e. The number of ether oxygens (including phenoxy) is 2. The average Bonchev–Trinajstić information content (AvgIpc) is 2.74. The number of halogens is 2. The summed E-state index contributed by atoms with van der Waals surface area (Å²) in [5, 5.41) is 4.86. The number of nitrogens with one attached hydrogen (secondary N) is 1. The second kappa shape index (κ2) is 11.1. The molecule has 3 aromatic carbocycles. The Hall–Kier alpha value is -2.20. The van der Waals surface area contributed by atoms with Crippen molar-refractivity contribution in [1.82, 2.24) is 5.32 Å². The Morgan fingerprint density at radius 3 is 2.28 bits per heavy atom. The Bertz CT molecular complexity index is 899. The molecule has 0 aliphatic carbocycles. The van der Waals surface area contributed by atoms with Gasteiger partial charge in [-0.2, -0.15) is 0 Å². The van der Waals surface area contributed by atoms with Crippen molar-refractivity contribution >= 4 is 23.2 Å². The van der Waals surface area contributed by atoms with Gasteiger partial charge in [-0.15, -0.1) is 0 Å². The summed E-state index contributed by atoms with van der Waals surface area (Å²) < 4.78 is 11.7. The number of rotatable bonds is 10. The summed E-state index contributed by atoms with van der Waals surface area (Å²) in [7, 11) is 0. The second-order valence-corrected chi connectivity index (χ2v) is 7.49. The maximum absolute atomic E-state index is 6.51. The van der Waals surface area contributed by atoms with E-state index in [0.717, 1.165) is 29.1 Å². The Labute approximate surface area is 182 Å². The van der Waals surface area contributed by atoms with Crippen molar-refractivity contribution in [3.8, 4) is 11.5 Å². The van der Waals surface area contributed by atoms with Crippen LogP contribution in [0.1, 0.15) is 23.6 Å². The molecule has 0 aliphatic heterocycles. The third-order valence-electron chi connectivity index (χ3n) is 4.47. The third-order valence-corrected chi connectivity index (χ3v) is 5.07. The van der Waals surface area contributed by atoms with E-state index < -0.39 is 0 Å². The predicted molar refractivity (Wildman–Crippen MR) is 120 cm³/mol. The molecule has 3 rings (SSSR count). The van der Waals surface area contributed by atoms with E-state index in [1.165, 1.54) is 5.56 Å². The molecule has 0 unspecified atom stereocenters. The Balaban J connectivity index is 1.59. The fourth-order valence-electron chi connectivity index (χ4n) is 2.94. The molecule has 3 nitrogen and oxygen atoms in total. The van der Waals surface area contributed by atoms with Crippen molar-refractivity contribution in [2.75, 3.05) is 13.2 Å². The van der Waals surface area contributed by atoms with Crippen LogP contribution in [0, 0.1) is 0 Å². The maximum atomic E-state index is 6.51. The fraction of sp³-hybridized carbons (Fsp3) is 0.250. The first kappa shape index (κ1) is 21.5.